The summed E-state index contributed by atoms with van der Waals surface area (Å²) in [5.41, 5.74) is 3.75. The lowest BCUT2D eigenvalue weighted by atomic mass is 9.99. The predicted molar refractivity (Wildman–Crippen MR) is 120 cm³/mol. The Morgan fingerprint density at radius 1 is 1.18 bits per heavy atom. The molecular formula is C24H30N2O8. The Morgan fingerprint density at radius 3 is 2.47 bits per heavy atom. The van der Waals surface area contributed by atoms with E-state index in [1.807, 2.05) is 19.1 Å². The molecule has 0 amide bonds. The lowest BCUT2D eigenvalue weighted by molar-refractivity contribution is -0.278. The van der Waals surface area contributed by atoms with Crippen LogP contribution in [0.4, 0.5) is 4.79 Å². The Labute approximate surface area is 198 Å². The summed E-state index contributed by atoms with van der Waals surface area (Å²) in [5, 5.41) is 35.4. The molecule has 2 aromatic rings. The van der Waals surface area contributed by atoms with Crippen molar-refractivity contribution in [2.45, 2.75) is 63.9 Å². The Morgan fingerprint density at radius 2 is 1.85 bits per heavy atom. The lowest BCUT2D eigenvalue weighted by Gasteiger charge is -2.39. The number of hydrogen-bond donors (Lipinski definition) is 3. The quantitative estimate of drug-likeness (QED) is 0.378. The first kappa shape index (κ1) is 25.5. The van der Waals surface area contributed by atoms with E-state index >= 15 is 0 Å². The van der Waals surface area contributed by atoms with E-state index in [-0.39, 0.29) is 12.4 Å². The lowest BCUT2D eigenvalue weighted by Crippen LogP contribution is -2.60. The van der Waals surface area contributed by atoms with Crippen molar-refractivity contribution in [1.29, 1.82) is 0 Å². The van der Waals surface area contributed by atoms with Crippen LogP contribution in [0.2, 0.25) is 0 Å². The van der Waals surface area contributed by atoms with Gasteiger partial charge in [0.15, 0.2) is 0 Å². The first-order valence-electron chi connectivity index (χ1n) is 10.9. The maximum Gasteiger partial charge on any atom is 0.508 e. The highest BCUT2D eigenvalue weighted by atomic mass is 16.7. The third kappa shape index (κ3) is 5.69. The number of ether oxygens (including phenoxy) is 4. The van der Waals surface area contributed by atoms with Gasteiger partial charge in [0.1, 0.15) is 37.6 Å². The van der Waals surface area contributed by atoms with E-state index in [1.165, 1.54) is 5.56 Å². The second-order valence-electron chi connectivity index (χ2n) is 7.98. The Bertz CT molecular complexity index is 1010. The number of carbonyl (C=O) groups is 1. The molecule has 3 rings (SSSR count). The van der Waals surface area contributed by atoms with E-state index in [0.717, 1.165) is 30.4 Å². The van der Waals surface area contributed by atoms with Crippen LogP contribution in [-0.2, 0) is 33.6 Å². The standard InChI is InChI=1S/C24H30N2O8/c1-5-11-26-14(3)17(12-16-9-7-15(6-2)8-10-16)22(25-26)34-23-21(29)20(28)19(27)18(33-23)13-32-24(30)31-4/h1,7-10,18-21,23,27-29H,6,11-13H2,2-4H3/t18-,19-,20+,21-,23+/m1/s1. The second-order valence-corrected chi connectivity index (χ2v) is 7.98. The molecular weight excluding hydrogens is 444 g/mol. The summed E-state index contributed by atoms with van der Waals surface area (Å²) in [4.78, 5) is 11.3. The maximum absolute atomic E-state index is 11.3. The SMILES string of the molecule is C#CCn1nc(O[C@@H]2O[C@H](COC(=O)OC)[C@@H](O)[C@H](O)[C@H]2O)c(Cc2ccc(CC)cc2)c1C. The number of nitrogens with zero attached hydrogens (tertiary/aromatic N) is 2. The van der Waals surface area contributed by atoms with Gasteiger partial charge < -0.3 is 34.3 Å². The van der Waals surface area contributed by atoms with Gasteiger partial charge in [-0.3, -0.25) is 4.68 Å². The molecule has 1 aromatic heterocycles. The number of aliphatic hydroxyl groups excluding tert-OH is 3. The van der Waals surface area contributed by atoms with Gasteiger partial charge in [-0.15, -0.1) is 11.5 Å². The minimum Gasteiger partial charge on any atom is -0.443 e. The molecule has 0 saturated carbocycles. The molecule has 184 valence electrons. The van der Waals surface area contributed by atoms with Crippen LogP contribution in [0.25, 0.3) is 0 Å². The van der Waals surface area contributed by atoms with E-state index in [9.17, 15) is 20.1 Å². The molecule has 1 aliphatic rings. The molecule has 0 spiro atoms. The minimum atomic E-state index is -1.61. The molecule has 34 heavy (non-hydrogen) atoms. The summed E-state index contributed by atoms with van der Waals surface area (Å²) in [7, 11) is 1.14. The zero-order chi connectivity index (χ0) is 24.8. The average Bonchev–Trinajstić information content (AvgIpc) is 3.13. The van der Waals surface area contributed by atoms with Gasteiger partial charge >= 0.3 is 6.16 Å². The normalized spacial score (nSPS) is 24.3. The van der Waals surface area contributed by atoms with Gasteiger partial charge in [0.2, 0.25) is 12.2 Å². The summed E-state index contributed by atoms with van der Waals surface area (Å²) < 4.78 is 22.3. The first-order chi connectivity index (χ1) is 16.3. The fourth-order valence-corrected chi connectivity index (χ4v) is 3.66. The third-order valence-electron chi connectivity index (χ3n) is 5.78. The molecule has 1 saturated heterocycles. The van der Waals surface area contributed by atoms with E-state index in [4.69, 9.17) is 20.6 Å². The van der Waals surface area contributed by atoms with E-state index in [0.29, 0.717) is 6.42 Å². The Balaban J connectivity index is 1.85. The van der Waals surface area contributed by atoms with E-state index in [2.05, 4.69) is 34.8 Å². The van der Waals surface area contributed by atoms with Crippen LogP contribution in [0.5, 0.6) is 5.88 Å². The Kier molecular flexibility index (Phi) is 8.52. The van der Waals surface area contributed by atoms with Crippen LogP contribution in [0.3, 0.4) is 0 Å². The van der Waals surface area contributed by atoms with Gasteiger partial charge in [-0.2, -0.15) is 0 Å². The second kappa shape index (κ2) is 11.4. The zero-order valence-corrected chi connectivity index (χ0v) is 19.4. The maximum atomic E-state index is 11.3. The van der Waals surface area contributed by atoms with Crippen molar-refractivity contribution in [3.05, 3.63) is 46.6 Å². The van der Waals surface area contributed by atoms with E-state index < -0.39 is 43.5 Å². The number of aromatic nitrogens is 2. The smallest absolute Gasteiger partial charge is 0.443 e. The number of rotatable bonds is 8. The fraction of sp³-hybridized carbons (Fsp3) is 0.500. The molecule has 1 aromatic carbocycles. The number of benzene rings is 1. The summed E-state index contributed by atoms with van der Waals surface area (Å²) in [6.07, 6.45) is -1.35. The monoisotopic (exact) mass is 474 g/mol. The van der Waals surface area contributed by atoms with Crippen LogP contribution in [0.15, 0.2) is 24.3 Å². The average molecular weight is 475 g/mol. The molecule has 2 heterocycles. The van der Waals surface area contributed by atoms with Gasteiger partial charge in [-0.1, -0.05) is 37.1 Å². The van der Waals surface area contributed by atoms with Gasteiger partial charge in [-0.05, 0) is 24.5 Å². The molecule has 0 aliphatic carbocycles. The molecule has 1 fully saturated rings. The zero-order valence-electron chi connectivity index (χ0n) is 19.4. The molecule has 10 heteroatoms. The number of hydrogen-bond acceptors (Lipinski definition) is 9. The highest BCUT2D eigenvalue weighted by Crippen LogP contribution is 2.29. The van der Waals surface area contributed by atoms with Crippen molar-refractivity contribution >= 4 is 6.16 Å². The van der Waals surface area contributed by atoms with Crippen molar-refractivity contribution in [1.82, 2.24) is 9.78 Å². The van der Waals surface area contributed by atoms with Crippen LogP contribution in [0.1, 0.15) is 29.3 Å². The highest BCUT2D eigenvalue weighted by molar-refractivity contribution is 5.59. The number of carbonyl (C=O) groups excluding carboxylic acids is 1. The van der Waals surface area contributed by atoms with Crippen LogP contribution in [0, 0.1) is 19.3 Å². The van der Waals surface area contributed by atoms with Crippen molar-refractivity contribution in [2.75, 3.05) is 13.7 Å². The van der Waals surface area contributed by atoms with Crippen LogP contribution in [-0.4, -0.2) is 75.7 Å². The topological polar surface area (TPSA) is 132 Å². The molecule has 0 radical (unpaired) electrons. The van der Waals surface area contributed by atoms with Gasteiger partial charge in [0.25, 0.3) is 0 Å². The number of aryl methyl sites for hydroxylation is 1. The number of methoxy groups -OCH3 is 1. The van der Waals surface area contributed by atoms with Crippen molar-refractivity contribution < 1.29 is 39.1 Å². The summed E-state index contributed by atoms with van der Waals surface area (Å²) in [5.74, 6) is 2.71. The first-order valence-corrected chi connectivity index (χ1v) is 10.9. The predicted octanol–water partition coefficient (Wildman–Crippen LogP) is 0.947. The Hall–Kier alpha value is -3.10. The molecule has 0 bridgehead atoms. The van der Waals surface area contributed by atoms with Gasteiger partial charge in [0.05, 0.1) is 7.11 Å². The summed E-state index contributed by atoms with van der Waals surface area (Å²) in [6, 6.07) is 8.14. The molecule has 5 atom stereocenters. The van der Waals surface area contributed by atoms with Gasteiger partial charge in [-0.25, -0.2) is 4.79 Å². The van der Waals surface area contributed by atoms with Crippen LogP contribution >= 0.6 is 0 Å². The summed E-state index contributed by atoms with van der Waals surface area (Å²) >= 11 is 0. The van der Waals surface area contributed by atoms with Crippen molar-refractivity contribution in [3.63, 3.8) is 0 Å². The minimum absolute atomic E-state index is 0.174. The van der Waals surface area contributed by atoms with Crippen molar-refractivity contribution in [3.8, 4) is 18.2 Å². The third-order valence-corrected chi connectivity index (χ3v) is 5.78. The highest BCUT2D eigenvalue weighted by Gasteiger charge is 2.46. The van der Waals surface area contributed by atoms with Crippen molar-refractivity contribution in [2.24, 2.45) is 0 Å². The summed E-state index contributed by atoms with van der Waals surface area (Å²) in [6.45, 7) is 3.73. The van der Waals surface area contributed by atoms with Crippen LogP contribution < -0.4 is 4.74 Å². The molecule has 0 unspecified atom stereocenters. The van der Waals surface area contributed by atoms with E-state index in [1.54, 1.807) is 4.68 Å². The van der Waals surface area contributed by atoms with Gasteiger partial charge in [0, 0.05) is 17.7 Å². The molecule has 3 N–H and O–H groups in total. The number of aliphatic hydroxyl groups is 3. The molecule has 10 nitrogen and oxygen atoms in total. The fourth-order valence-electron chi connectivity index (χ4n) is 3.66. The number of terminal acetylenes is 1. The largest absolute Gasteiger partial charge is 0.508 e. The molecule has 1 aliphatic heterocycles.